The monoisotopic (exact) mass is 403 g/mol. The van der Waals surface area contributed by atoms with Gasteiger partial charge in [0.05, 0.1) is 0 Å². The van der Waals surface area contributed by atoms with E-state index in [1.165, 1.54) is 0 Å². The Morgan fingerprint density at radius 2 is 1.54 bits per heavy atom. The second-order valence-electron chi connectivity index (χ2n) is 4.76. The molecule has 0 radical (unpaired) electrons. The first-order valence-corrected chi connectivity index (χ1v) is 8.42. The zero-order valence-corrected chi connectivity index (χ0v) is 14.5. The Hall–Kier alpha value is -2.45. The molecule has 0 aromatic heterocycles. The van der Waals surface area contributed by atoms with Crippen LogP contribution in [0.3, 0.4) is 0 Å². The molecule has 0 saturated heterocycles. The van der Waals surface area contributed by atoms with Crippen molar-refractivity contribution in [2.24, 2.45) is 5.10 Å². The number of amides is 2. The van der Waals surface area contributed by atoms with Crippen molar-refractivity contribution in [1.29, 1.82) is 0 Å². The predicted molar refractivity (Wildman–Crippen MR) is 96.1 cm³/mol. The Kier molecular flexibility index (Phi) is 4.77. The largest absolute Gasteiger partial charge is 0.345 e. The van der Waals surface area contributed by atoms with Gasteiger partial charge in [-0.25, -0.2) is 10.2 Å². The quantitative estimate of drug-likeness (QED) is 0.517. The van der Waals surface area contributed by atoms with Crippen molar-refractivity contribution in [3.05, 3.63) is 78.8 Å². The summed E-state index contributed by atoms with van der Waals surface area (Å²) in [5, 5.41) is 3.97. The standard InChI is InChI=1S/C16H10BrN3O3S/c17-9-5-7-10(8-6-9)24-20-16(23)19-18-13-14(21)11-3-1-2-4-12(11)15(13)22/h1-8H,(H2,19,20,23). The molecule has 3 aromatic carbocycles. The molecule has 3 rings (SSSR count). The third-order valence-electron chi connectivity index (χ3n) is 3.19. The Balaban J connectivity index is 1.74. The zero-order valence-electron chi connectivity index (χ0n) is 12.1. The Bertz CT molecular complexity index is 1010. The van der Waals surface area contributed by atoms with E-state index in [4.69, 9.17) is 0 Å². The average molecular weight is 404 g/mol. The SMILES string of the molecule is O=C(NN=c1c(=O)c2ccccc2c1=O)NSc1ccc(Br)cc1. The predicted octanol–water partition coefficient (Wildman–Crippen LogP) is 2.02. The third-order valence-corrected chi connectivity index (χ3v) is 4.51. The molecule has 0 aliphatic carbocycles. The maximum absolute atomic E-state index is 12.1. The fraction of sp³-hybridized carbons (Fsp3) is 0. The number of hydrogen-bond acceptors (Lipinski definition) is 5. The second kappa shape index (κ2) is 6.98. The number of fused-ring (bicyclic) bond motifs is 1. The van der Waals surface area contributed by atoms with Gasteiger partial charge in [-0.15, -0.1) is 0 Å². The van der Waals surface area contributed by atoms with Gasteiger partial charge in [-0.2, -0.15) is 5.10 Å². The highest BCUT2D eigenvalue weighted by Crippen LogP contribution is 2.17. The van der Waals surface area contributed by atoms with Crippen LogP contribution >= 0.6 is 27.9 Å². The van der Waals surface area contributed by atoms with E-state index >= 15 is 0 Å². The number of halogens is 1. The lowest BCUT2D eigenvalue weighted by Gasteiger charge is -2.02. The summed E-state index contributed by atoms with van der Waals surface area (Å²) in [5.74, 6) is 0. The van der Waals surface area contributed by atoms with Crippen LogP contribution in [0.25, 0.3) is 10.8 Å². The second-order valence-corrected chi connectivity index (χ2v) is 6.56. The minimum atomic E-state index is -0.632. The number of benzene rings is 2. The van der Waals surface area contributed by atoms with Crippen molar-refractivity contribution in [2.45, 2.75) is 4.90 Å². The van der Waals surface area contributed by atoms with Gasteiger partial charge >= 0.3 is 6.03 Å². The number of urea groups is 1. The molecule has 0 aliphatic heterocycles. The molecular formula is C16H10BrN3O3S. The van der Waals surface area contributed by atoms with Crippen molar-refractivity contribution in [3.63, 3.8) is 0 Å². The number of carbonyl (C=O) groups is 1. The fourth-order valence-corrected chi connectivity index (χ4v) is 2.87. The topological polar surface area (TPSA) is 87.6 Å². The molecule has 3 aromatic rings. The Labute approximate surface area is 148 Å². The molecule has 0 spiro atoms. The number of nitrogens with zero attached hydrogens (tertiary/aromatic N) is 1. The van der Waals surface area contributed by atoms with Gasteiger partial charge < -0.3 is 0 Å². The number of hydrogen-bond donors (Lipinski definition) is 2. The highest BCUT2D eigenvalue weighted by Gasteiger charge is 2.10. The van der Waals surface area contributed by atoms with Gasteiger partial charge in [0.25, 0.3) is 0 Å². The summed E-state index contributed by atoms with van der Waals surface area (Å²) < 4.78 is 3.45. The summed E-state index contributed by atoms with van der Waals surface area (Å²) in [6.45, 7) is 0. The summed E-state index contributed by atoms with van der Waals surface area (Å²) in [5.41, 5.74) is 1.19. The van der Waals surface area contributed by atoms with Crippen LogP contribution in [-0.4, -0.2) is 6.03 Å². The minimum Gasteiger partial charge on any atom is -0.287 e. The van der Waals surface area contributed by atoms with Crippen molar-refractivity contribution in [1.82, 2.24) is 10.1 Å². The molecule has 120 valence electrons. The molecular weight excluding hydrogens is 394 g/mol. The number of carbonyl (C=O) groups excluding carboxylic acids is 1. The van der Waals surface area contributed by atoms with Crippen LogP contribution in [0, 0.1) is 0 Å². The Morgan fingerprint density at radius 3 is 2.12 bits per heavy atom. The van der Waals surface area contributed by atoms with Crippen LogP contribution in [0.1, 0.15) is 0 Å². The van der Waals surface area contributed by atoms with E-state index in [9.17, 15) is 14.4 Å². The minimum absolute atomic E-state index is 0.292. The molecule has 24 heavy (non-hydrogen) atoms. The van der Waals surface area contributed by atoms with Crippen LogP contribution in [-0.2, 0) is 0 Å². The average Bonchev–Trinajstić information content (AvgIpc) is 2.84. The van der Waals surface area contributed by atoms with E-state index in [-0.39, 0.29) is 5.36 Å². The molecule has 6 nitrogen and oxygen atoms in total. The molecule has 0 saturated carbocycles. The highest BCUT2D eigenvalue weighted by molar-refractivity contribution is 9.10. The molecule has 2 amide bonds. The highest BCUT2D eigenvalue weighted by atomic mass is 79.9. The van der Waals surface area contributed by atoms with Gasteiger partial charge in [-0.1, -0.05) is 40.2 Å². The molecule has 0 bridgehead atoms. The van der Waals surface area contributed by atoms with Gasteiger partial charge in [0.15, 0.2) is 5.36 Å². The summed E-state index contributed by atoms with van der Waals surface area (Å²) in [4.78, 5) is 36.8. The van der Waals surface area contributed by atoms with Crippen LogP contribution in [0.5, 0.6) is 0 Å². The summed E-state index contributed by atoms with van der Waals surface area (Å²) in [7, 11) is 0. The lowest BCUT2D eigenvalue weighted by atomic mass is 10.2. The molecule has 8 heteroatoms. The third kappa shape index (κ3) is 3.39. The summed E-state index contributed by atoms with van der Waals surface area (Å²) >= 11 is 4.41. The Morgan fingerprint density at radius 1 is 0.958 bits per heavy atom. The molecule has 0 atom stereocenters. The van der Waals surface area contributed by atoms with Crippen molar-refractivity contribution < 1.29 is 4.79 Å². The van der Waals surface area contributed by atoms with Crippen molar-refractivity contribution >= 4 is 44.7 Å². The van der Waals surface area contributed by atoms with Crippen LogP contribution < -0.4 is 26.4 Å². The van der Waals surface area contributed by atoms with Gasteiger partial charge in [0.1, 0.15) is 0 Å². The molecule has 2 N–H and O–H groups in total. The smallest absolute Gasteiger partial charge is 0.287 e. The number of rotatable bonds is 3. The maximum atomic E-state index is 12.1. The first-order valence-electron chi connectivity index (χ1n) is 6.81. The van der Waals surface area contributed by atoms with Crippen molar-refractivity contribution in [3.8, 4) is 0 Å². The van der Waals surface area contributed by atoms with E-state index in [2.05, 4.69) is 31.2 Å². The van der Waals surface area contributed by atoms with E-state index in [1.807, 2.05) is 24.3 Å². The first-order chi connectivity index (χ1) is 11.6. The summed E-state index contributed by atoms with van der Waals surface area (Å²) in [6, 6.07) is 13.1. The molecule has 0 heterocycles. The van der Waals surface area contributed by atoms with Crippen molar-refractivity contribution in [2.75, 3.05) is 0 Å². The van der Waals surface area contributed by atoms with E-state index in [0.717, 1.165) is 21.3 Å². The van der Waals surface area contributed by atoms with E-state index in [0.29, 0.717) is 10.8 Å². The van der Waals surface area contributed by atoms with Gasteiger partial charge in [0, 0.05) is 20.1 Å². The molecule has 0 unspecified atom stereocenters. The van der Waals surface area contributed by atoms with E-state index < -0.39 is 16.9 Å². The summed E-state index contributed by atoms with van der Waals surface area (Å²) in [6.07, 6.45) is 0. The van der Waals surface area contributed by atoms with Crippen LogP contribution in [0.2, 0.25) is 0 Å². The van der Waals surface area contributed by atoms with Gasteiger partial charge in [-0.3, -0.25) is 14.3 Å². The molecule has 0 aliphatic rings. The maximum Gasteiger partial charge on any atom is 0.345 e. The number of nitrogens with one attached hydrogen (secondary N) is 2. The lowest BCUT2D eigenvalue weighted by Crippen LogP contribution is -2.37. The van der Waals surface area contributed by atoms with E-state index in [1.54, 1.807) is 24.3 Å². The molecule has 0 fully saturated rings. The van der Waals surface area contributed by atoms with Crippen LogP contribution in [0.4, 0.5) is 4.79 Å². The normalized spacial score (nSPS) is 10.5. The fourth-order valence-electron chi connectivity index (χ4n) is 2.08. The van der Waals surface area contributed by atoms with Gasteiger partial charge in [-0.05, 0) is 36.2 Å². The zero-order chi connectivity index (χ0) is 17.1. The van der Waals surface area contributed by atoms with Gasteiger partial charge in [0.2, 0.25) is 10.9 Å². The first kappa shape index (κ1) is 16.4. The van der Waals surface area contributed by atoms with Crippen LogP contribution in [0.15, 0.2) is 72.6 Å². The lowest BCUT2D eigenvalue weighted by molar-refractivity contribution is 0.246.